The molecule has 3 atom stereocenters. The Bertz CT molecular complexity index is 409. The molecular formula is C15H26N2O2. The topological polar surface area (TPSA) is 49.4 Å². The Labute approximate surface area is 115 Å². The van der Waals surface area contributed by atoms with Crippen LogP contribution in [0.1, 0.15) is 48.0 Å². The van der Waals surface area contributed by atoms with Crippen LogP contribution >= 0.6 is 0 Å². The van der Waals surface area contributed by atoms with Gasteiger partial charge >= 0.3 is 0 Å². The Balaban J connectivity index is 2.15. The highest BCUT2D eigenvalue weighted by atomic mass is 16.2. The molecule has 1 N–H and O–H groups in total. The van der Waals surface area contributed by atoms with Gasteiger partial charge in [-0.1, -0.05) is 34.6 Å². The minimum absolute atomic E-state index is 0.0296. The van der Waals surface area contributed by atoms with E-state index in [2.05, 4.69) is 19.2 Å². The molecule has 1 heterocycles. The van der Waals surface area contributed by atoms with Gasteiger partial charge in [0, 0.05) is 6.54 Å². The maximum atomic E-state index is 12.6. The summed E-state index contributed by atoms with van der Waals surface area (Å²) in [5, 5.41) is 2.87. The first-order valence-electron chi connectivity index (χ1n) is 7.15. The van der Waals surface area contributed by atoms with E-state index in [1.165, 1.54) is 0 Å². The van der Waals surface area contributed by atoms with E-state index in [1.807, 2.05) is 27.7 Å². The second-order valence-corrected chi connectivity index (χ2v) is 7.86. The smallest absolute Gasteiger partial charge is 0.246 e. The van der Waals surface area contributed by atoms with E-state index >= 15 is 0 Å². The molecule has 2 amide bonds. The monoisotopic (exact) mass is 266 g/mol. The van der Waals surface area contributed by atoms with Crippen LogP contribution in [-0.4, -0.2) is 35.3 Å². The number of hydrogen-bond donors (Lipinski definition) is 1. The van der Waals surface area contributed by atoms with Crippen molar-refractivity contribution in [2.24, 2.45) is 16.7 Å². The van der Waals surface area contributed by atoms with Gasteiger partial charge in [0.2, 0.25) is 11.8 Å². The molecule has 0 radical (unpaired) electrons. The lowest BCUT2D eigenvalue weighted by Crippen LogP contribution is -2.66. The maximum absolute atomic E-state index is 12.6. The van der Waals surface area contributed by atoms with Crippen LogP contribution < -0.4 is 5.32 Å². The summed E-state index contributed by atoms with van der Waals surface area (Å²) in [5.74, 6) is 0.575. The fourth-order valence-electron chi connectivity index (χ4n) is 2.78. The van der Waals surface area contributed by atoms with Crippen molar-refractivity contribution in [1.82, 2.24) is 10.2 Å². The van der Waals surface area contributed by atoms with Crippen LogP contribution in [-0.2, 0) is 9.59 Å². The van der Waals surface area contributed by atoms with Crippen LogP contribution in [0.25, 0.3) is 0 Å². The van der Waals surface area contributed by atoms with E-state index in [1.54, 1.807) is 4.90 Å². The third-order valence-electron chi connectivity index (χ3n) is 4.66. The normalized spacial score (nSPS) is 34.2. The summed E-state index contributed by atoms with van der Waals surface area (Å²) in [6.07, 6.45) is 1.14. The molecule has 1 aliphatic carbocycles. The number of amides is 2. The Morgan fingerprint density at radius 2 is 1.84 bits per heavy atom. The lowest BCUT2D eigenvalue weighted by Gasteiger charge is -2.42. The van der Waals surface area contributed by atoms with E-state index in [4.69, 9.17) is 0 Å². The summed E-state index contributed by atoms with van der Waals surface area (Å²) in [5.41, 5.74) is 0.0787. The van der Waals surface area contributed by atoms with Gasteiger partial charge in [0.05, 0.1) is 0 Å². The number of carbonyl (C=O) groups is 2. The highest BCUT2D eigenvalue weighted by molar-refractivity contribution is 5.97. The zero-order valence-corrected chi connectivity index (χ0v) is 12.9. The SMILES string of the molecule is CC1C(=O)NC(C(C)(C)C)C(=O)N1CC1CC1(C)C. The van der Waals surface area contributed by atoms with E-state index in [9.17, 15) is 9.59 Å². The van der Waals surface area contributed by atoms with Crippen molar-refractivity contribution >= 4 is 11.8 Å². The molecule has 0 spiro atoms. The number of piperazine rings is 1. The van der Waals surface area contributed by atoms with E-state index in [0.717, 1.165) is 6.42 Å². The van der Waals surface area contributed by atoms with E-state index < -0.39 is 6.04 Å². The fraction of sp³-hybridized carbons (Fsp3) is 0.867. The molecule has 108 valence electrons. The third-order valence-corrected chi connectivity index (χ3v) is 4.66. The van der Waals surface area contributed by atoms with Crippen LogP contribution in [0, 0.1) is 16.7 Å². The summed E-state index contributed by atoms with van der Waals surface area (Å²) in [4.78, 5) is 26.5. The number of nitrogens with one attached hydrogen (secondary N) is 1. The molecule has 4 nitrogen and oxygen atoms in total. The van der Waals surface area contributed by atoms with Gasteiger partial charge in [0.1, 0.15) is 12.1 Å². The van der Waals surface area contributed by atoms with Crippen LogP contribution in [0.4, 0.5) is 0 Å². The van der Waals surface area contributed by atoms with Gasteiger partial charge in [-0.25, -0.2) is 0 Å². The second-order valence-electron chi connectivity index (χ2n) is 7.86. The van der Waals surface area contributed by atoms with Gasteiger partial charge in [0.25, 0.3) is 0 Å². The van der Waals surface area contributed by atoms with Gasteiger partial charge in [-0.15, -0.1) is 0 Å². The number of rotatable bonds is 2. The zero-order chi connectivity index (χ0) is 14.6. The second kappa shape index (κ2) is 4.22. The molecule has 0 bridgehead atoms. The molecule has 0 aromatic carbocycles. The quantitative estimate of drug-likeness (QED) is 0.828. The van der Waals surface area contributed by atoms with Crippen molar-refractivity contribution in [3.63, 3.8) is 0 Å². The highest BCUT2D eigenvalue weighted by Gasteiger charge is 2.50. The third kappa shape index (κ3) is 2.63. The Morgan fingerprint density at radius 3 is 2.26 bits per heavy atom. The van der Waals surface area contributed by atoms with Gasteiger partial charge in [-0.05, 0) is 30.1 Å². The zero-order valence-electron chi connectivity index (χ0n) is 12.9. The average molecular weight is 266 g/mol. The van der Waals surface area contributed by atoms with Crippen LogP contribution in [0.15, 0.2) is 0 Å². The lowest BCUT2D eigenvalue weighted by molar-refractivity contribution is -0.152. The summed E-state index contributed by atoms with van der Waals surface area (Å²) < 4.78 is 0. The molecular weight excluding hydrogens is 240 g/mol. The molecule has 0 aromatic rings. The van der Waals surface area contributed by atoms with Crippen molar-refractivity contribution in [3.05, 3.63) is 0 Å². The minimum Gasteiger partial charge on any atom is -0.342 e. The molecule has 2 aliphatic rings. The first-order valence-corrected chi connectivity index (χ1v) is 7.15. The lowest BCUT2D eigenvalue weighted by atomic mass is 9.84. The summed E-state index contributed by atoms with van der Waals surface area (Å²) >= 11 is 0. The number of nitrogens with zero attached hydrogens (tertiary/aromatic N) is 1. The molecule has 1 aliphatic heterocycles. The summed E-state index contributed by atoms with van der Waals surface area (Å²) in [7, 11) is 0. The molecule has 0 aromatic heterocycles. The summed E-state index contributed by atoms with van der Waals surface area (Å²) in [6, 6.07) is -0.749. The van der Waals surface area contributed by atoms with Crippen LogP contribution in [0.5, 0.6) is 0 Å². The number of carbonyl (C=O) groups excluding carboxylic acids is 2. The molecule has 4 heteroatoms. The largest absolute Gasteiger partial charge is 0.342 e. The average Bonchev–Trinajstić information content (AvgIpc) is 2.85. The van der Waals surface area contributed by atoms with Crippen molar-refractivity contribution in [2.75, 3.05) is 6.54 Å². The molecule has 1 saturated heterocycles. The van der Waals surface area contributed by atoms with Gasteiger partial charge in [-0.3, -0.25) is 9.59 Å². The Hall–Kier alpha value is -1.06. The van der Waals surface area contributed by atoms with Crippen molar-refractivity contribution < 1.29 is 9.59 Å². The molecule has 2 rings (SSSR count). The number of hydrogen-bond acceptors (Lipinski definition) is 2. The first kappa shape index (κ1) is 14.4. The minimum atomic E-state index is -0.405. The molecule has 2 fully saturated rings. The Kier molecular flexibility index (Phi) is 3.19. The van der Waals surface area contributed by atoms with Crippen LogP contribution in [0.3, 0.4) is 0 Å². The Morgan fingerprint density at radius 1 is 1.32 bits per heavy atom. The van der Waals surface area contributed by atoms with Crippen molar-refractivity contribution in [2.45, 2.75) is 60.0 Å². The van der Waals surface area contributed by atoms with Crippen LogP contribution in [0.2, 0.25) is 0 Å². The predicted molar refractivity (Wildman–Crippen MR) is 74.4 cm³/mol. The van der Waals surface area contributed by atoms with E-state index in [0.29, 0.717) is 17.9 Å². The summed E-state index contributed by atoms with van der Waals surface area (Å²) in [6.45, 7) is 13.0. The van der Waals surface area contributed by atoms with E-state index in [-0.39, 0.29) is 23.3 Å². The van der Waals surface area contributed by atoms with Crippen molar-refractivity contribution in [1.29, 1.82) is 0 Å². The predicted octanol–water partition coefficient (Wildman–Crippen LogP) is 1.79. The highest BCUT2D eigenvalue weighted by Crippen LogP contribution is 2.52. The van der Waals surface area contributed by atoms with Gasteiger partial charge in [0.15, 0.2) is 0 Å². The molecule has 3 unspecified atom stereocenters. The van der Waals surface area contributed by atoms with Crippen molar-refractivity contribution in [3.8, 4) is 0 Å². The van der Waals surface area contributed by atoms with Gasteiger partial charge < -0.3 is 10.2 Å². The molecule has 1 saturated carbocycles. The fourth-order valence-corrected chi connectivity index (χ4v) is 2.78. The van der Waals surface area contributed by atoms with Gasteiger partial charge in [-0.2, -0.15) is 0 Å². The first-order chi connectivity index (χ1) is 8.54. The standard InChI is InChI=1S/C15H26N2O2/c1-9-12(18)16-11(14(2,3)4)13(19)17(9)8-10-7-15(10,5)6/h9-11H,7-8H2,1-6H3,(H,16,18). The maximum Gasteiger partial charge on any atom is 0.246 e. The molecule has 19 heavy (non-hydrogen) atoms.